The molecule has 1 atom stereocenters. The monoisotopic (exact) mass is 309 g/mol. The lowest BCUT2D eigenvalue weighted by atomic mass is 10.1. The van der Waals surface area contributed by atoms with E-state index in [0.29, 0.717) is 0 Å². The van der Waals surface area contributed by atoms with Crippen LogP contribution >= 0.6 is 11.3 Å². The third kappa shape index (κ3) is 7.39. The van der Waals surface area contributed by atoms with Gasteiger partial charge in [0.25, 0.3) is 0 Å². The van der Waals surface area contributed by atoms with Crippen molar-refractivity contribution in [2.45, 2.75) is 46.6 Å². The van der Waals surface area contributed by atoms with Gasteiger partial charge < -0.3 is 10.2 Å². The number of nitrogens with one attached hydrogen (secondary N) is 1. The third-order valence-electron chi connectivity index (χ3n) is 3.44. The van der Waals surface area contributed by atoms with Crippen LogP contribution in [0.2, 0.25) is 0 Å². The van der Waals surface area contributed by atoms with E-state index in [1.54, 1.807) is 23.5 Å². The van der Waals surface area contributed by atoms with Gasteiger partial charge in [0.05, 0.1) is 10.7 Å². The average Bonchev–Trinajstić information content (AvgIpc) is 2.87. The summed E-state index contributed by atoms with van der Waals surface area (Å²) in [6.07, 6.45) is 5.45. The summed E-state index contributed by atoms with van der Waals surface area (Å²) < 4.78 is 0. The lowest BCUT2D eigenvalue weighted by Gasteiger charge is -2.19. The second kappa shape index (κ2) is 9.68. The molecule has 0 aliphatic carbocycles. The highest BCUT2D eigenvalue weighted by molar-refractivity contribution is 7.09. The molecule has 0 saturated heterocycles. The van der Waals surface area contributed by atoms with Crippen molar-refractivity contribution in [3.05, 3.63) is 22.2 Å². The highest BCUT2D eigenvalue weighted by atomic mass is 32.1. The molecular formula is C16H27N3OS. The molecule has 1 rings (SSSR count). The third-order valence-corrected chi connectivity index (χ3v) is 4.23. The molecule has 0 spiro atoms. The fraction of sp³-hybridized carbons (Fsp3) is 0.625. The smallest absolute Gasteiger partial charge is 0.244 e. The van der Waals surface area contributed by atoms with Gasteiger partial charge in [-0.3, -0.25) is 4.79 Å². The number of thiazole rings is 1. The lowest BCUT2D eigenvalue weighted by Crippen LogP contribution is -2.32. The van der Waals surface area contributed by atoms with E-state index < -0.39 is 0 Å². The molecule has 5 heteroatoms. The average molecular weight is 309 g/mol. The van der Waals surface area contributed by atoms with E-state index in [9.17, 15) is 4.79 Å². The molecule has 1 aromatic heterocycles. The van der Waals surface area contributed by atoms with E-state index in [4.69, 9.17) is 0 Å². The van der Waals surface area contributed by atoms with Gasteiger partial charge in [0.15, 0.2) is 0 Å². The Morgan fingerprint density at radius 2 is 2.19 bits per heavy atom. The summed E-state index contributed by atoms with van der Waals surface area (Å²) in [5, 5.41) is 5.96. The first-order valence-electron chi connectivity index (χ1n) is 7.68. The first-order valence-corrected chi connectivity index (χ1v) is 8.56. The molecule has 0 aliphatic heterocycles. The summed E-state index contributed by atoms with van der Waals surface area (Å²) in [6.45, 7) is 11.7. The molecule has 0 fully saturated rings. The van der Waals surface area contributed by atoms with Crippen LogP contribution < -0.4 is 5.32 Å². The molecule has 0 bridgehead atoms. The van der Waals surface area contributed by atoms with Crippen LogP contribution in [0.3, 0.4) is 0 Å². The van der Waals surface area contributed by atoms with Crippen molar-refractivity contribution < 1.29 is 4.79 Å². The molecule has 0 aromatic carbocycles. The van der Waals surface area contributed by atoms with Gasteiger partial charge >= 0.3 is 0 Å². The summed E-state index contributed by atoms with van der Waals surface area (Å²) in [5.74, 6) is -0.0454. The van der Waals surface area contributed by atoms with E-state index in [1.165, 1.54) is 0 Å². The second-order valence-corrected chi connectivity index (χ2v) is 6.27. The summed E-state index contributed by atoms with van der Waals surface area (Å²) in [5.41, 5.74) is 0.849. The maximum atomic E-state index is 11.8. The van der Waals surface area contributed by atoms with E-state index in [2.05, 4.69) is 36.0 Å². The quantitative estimate of drug-likeness (QED) is 0.713. The molecule has 1 amide bonds. The van der Waals surface area contributed by atoms with Crippen LogP contribution in [-0.2, 0) is 4.79 Å². The number of hydrogen-bond donors (Lipinski definition) is 1. The largest absolute Gasteiger partial charge is 0.350 e. The Balaban J connectivity index is 2.25. The number of nitrogens with zero attached hydrogens (tertiary/aromatic N) is 2. The van der Waals surface area contributed by atoms with Crippen molar-refractivity contribution in [1.29, 1.82) is 0 Å². The van der Waals surface area contributed by atoms with Crippen LogP contribution in [0, 0.1) is 6.92 Å². The Bertz CT molecular complexity index is 452. The van der Waals surface area contributed by atoms with Gasteiger partial charge in [-0.2, -0.15) is 0 Å². The Hall–Kier alpha value is -1.20. The van der Waals surface area contributed by atoms with E-state index in [1.807, 2.05) is 12.3 Å². The van der Waals surface area contributed by atoms with Gasteiger partial charge in [0.1, 0.15) is 0 Å². The van der Waals surface area contributed by atoms with Gasteiger partial charge in [0.2, 0.25) is 5.91 Å². The molecule has 118 valence electrons. The minimum atomic E-state index is -0.0454. The summed E-state index contributed by atoms with van der Waals surface area (Å²) in [7, 11) is 0. The predicted molar refractivity (Wildman–Crippen MR) is 90.5 cm³/mol. The van der Waals surface area contributed by atoms with Crippen molar-refractivity contribution in [2.24, 2.45) is 0 Å². The van der Waals surface area contributed by atoms with Gasteiger partial charge in [-0.15, -0.1) is 11.3 Å². The van der Waals surface area contributed by atoms with E-state index in [0.717, 1.165) is 43.2 Å². The van der Waals surface area contributed by atoms with Gasteiger partial charge in [-0.25, -0.2) is 4.98 Å². The molecule has 1 unspecified atom stereocenters. The lowest BCUT2D eigenvalue weighted by molar-refractivity contribution is -0.117. The van der Waals surface area contributed by atoms with Crippen LogP contribution in [0.5, 0.6) is 0 Å². The number of rotatable bonds is 9. The van der Waals surface area contributed by atoms with Gasteiger partial charge in [-0.05, 0) is 52.4 Å². The van der Waals surface area contributed by atoms with E-state index in [-0.39, 0.29) is 11.9 Å². The zero-order valence-electron chi connectivity index (χ0n) is 13.6. The summed E-state index contributed by atoms with van der Waals surface area (Å²) >= 11 is 1.59. The number of aryl methyl sites for hydroxylation is 1. The van der Waals surface area contributed by atoms with Crippen molar-refractivity contribution in [2.75, 3.05) is 19.6 Å². The number of carbonyl (C=O) groups is 1. The minimum absolute atomic E-state index is 0.0454. The van der Waals surface area contributed by atoms with Crippen molar-refractivity contribution in [3.8, 4) is 0 Å². The van der Waals surface area contributed by atoms with Crippen molar-refractivity contribution in [1.82, 2.24) is 15.2 Å². The van der Waals surface area contributed by atoms with Crippen LogP contribution in [0.1, 0.15) is 44.3 Å². The summed E-state index contributed by atoms with van der Waals surface area (Å²) in [6, 6.07) is 0.204. The van der Waals surface area contributed by atoms with Gasteiger partial charge in [-0.1, -0.05) is 13.8 Å². The Kier molecular flexibility index (Phi) is 8.23. The Morgan fingerprint density at radius 3 is 2.76 bits per heavy atom. The summed E-state index contributed by atoms with van der Waals surface area (Å²) in [4.78, 5) is 18.5. The number of carbonyl (C=O) groups excluding carboxylic acids is 1. The SMILES string of the molecule is CCN(CC)CCCC(C)NC(=O)/C=C/c1csc(C)n1. The van der Waals surface area contributed by atoms with E-state index >= 15 is 0 Å². The second-order valence-electron chi connectivity index (χ2n) is 5.20. The van der Waals surface area contributed by atoms with Crippen LogP contribution in [-0.4, -0.2) is 41.5 Å². The Labute approximate surface area is 132 Å². The minimum Gasteiger partial charge on any atom is -0.350 e. The molecular weight excluding hydrogens is 282 g/mol. The predicted octanol–water partition coefficient (Wildman–Crippen LogP) is 3.09. The van der Waals surface area contributed by atoms with Crippen LogP contribution in [0.4, 0.5) is 0 Å². The van der Waals surface area contributed by atoms with Crippen LogP contribution in [0.25, 0.3) is 6.08 Å². The van der Waals surface area contributed by atoms with Crippen LogP contribution in [0.15, 0.2) is 11.5 Å². The standard InChI is InChI=1S/C16H27N3OS/c1-5-19(6-2)11-7-8-13(3)17-16(20)10-9-15-12-21-14(4)18-15/h9-10,12-13H,5-8,11H2,1-4H3,(H,17,20)/b10-9+. The maximum absolute atomic E-state index is 11.8. The number of aromatic nitrogens is 1. The maximum Gasteiger partial charge on any atom is 0.244 e. The molecule has 1 N–H and O–H groups in total. The number of hydrogen-bond acceptors (Lipinski definition) is 4. The molecule has 0 radical (unpaired) electrons. The molecule has 4 nitrogen and oxygen atoms in total. The first kappa shape index (κ1) is 17.9. The highest BCUT2D eigenvalue weighted by Crippen LogP contribution is 2.09. The molecule has 1 heterocycles. The molecule has 0 saturated carbocycles. The Morgan fingerprint density at radius 1 is 1.48 bits per heavy atom. The highest BCUT2D eigenvalue weighted by Gasteiger charge is 2.06. The van der Waals surface area contributed by atoms with Gasteiger partial charge in [0, 0.05) is 17.5 Å². The number of amides is 1. The fourth-order valence-corrected chi connectivity index (χ4v) is 2.72. The van der Waals surface area contributed by atoms with Crippen molar-refractivity contribution in [3.63, 3.8) is 0 Å². The molecule has 1 aromatic rings. The zero-order valence-corrected chi connectivity index (χ0v) is 14.4. The molecule has 0 aliphatic rings. The fourth-order valence-electron chi connectivity index (χ4n) is 2.14. The topological polar surface area (TPSA) is 45.2 Å². The normalized spacial score (nSPS) is 13.0. The first-order chi connectivity index (χ1) is 10.0. The zero-order chi connectivity index (χ0) is 15.7. The van der Waals surface area contributed by atoms with Crippen molar-refractivity contribution >= 4 is 23.3 Å². The molecule has 21 heavy (non-hydrogen) atoms.